The zero-order valence-corrected chi connectivity index (χ0v) is 46.0. The molecule has 0 amide bonds. The Balaban J connectivity index is 1.00. The maximum Gasteiger partial charge on any atom is 0.187 e. The largest absolute Gasteiger partial charge is 0.394 e. The van der Waals surface area contributed by atoms with Crippen LogP contribution in [0, 0.1) is 0 Å². The van der Waals surface area contributed by atoms with Crippen molar-refractivity contribution in [3.8, 4) is 0 Å². The molecule has 40 nitrogen and oxygen atoms in total. The molecule has 24 aliphatic rings. The predicted molar refractivity (Wildman–Crippen MR) is 261 cm³/mol. The zero-order chi connectivity index (χ0) is 64.1. The van der Waals surface area contributed by atoms with Crippen LogP contribution >= 0.6 is 0 Å². The molecule has 24 fully saturated rings. The monoisotopic (exact) mass is 1300 g/mol. The molecule has 0 aliphatic carbocycles. The molecule has 24 N–H and O–H groups in total. The van der Waals surface area contributed by atoms with Crippen molar-refractivity contribution in [2.45, 2.75) is 246 Å². The van der Waals surface area contributed by atoms with E-state index >= 15 is 0 Å². The minimum atomic E-state index is -2.37. The molecule has 0 aromatic heterocycles. The van der Waals surface area contributed by atoms with Crippen molar-refractivity contribution in [2.24, 2.45) is 0 Å². The van der Waals surface area contributed by atoms with Crippen LogP contribution in [0.15, 0.2) is 0 Å². The molecule has 0 radical (unpaired) electrons. The third-order valence-corrected chi connectivity index (χ3v) is 16.9. The van der Waals surface area contributed by atoms with E-state index in [0.29, 0.717) is 0 Å². The molecule has 0 unspecified atom stereocenters. The van der Waals surface area contributed by atoms with Gasteiger partial charge in [0.05, 0.1) is 52.9 Å². The Morgan fingerprint density at radius 1 is 0.182 bits per heavy atom. The van der Waals surface area contributed by atoms with Crippen LogP contribution in [0.3, 0.4) is 0 Å². The van der Waals surface area contributed by atoms with Gasteiger partial charge in [-0.05, 0) is 0 Å². The van der Waals surface area contributed by atoms with E-state index in [1.807, 2.05) is 0 Å². The van der Waals surface area contributed by atoms with Gasteiger partial charge in [0.1, 0.15) is 195 Å². The predicted octanol–water partition coefficient (Wildman–Crippen LogP) is -17.4. The van der Waals surface area contributed by atoms with Crippen LogP contribution in [0.1, 0.15) is 0 Å². The van der Waals surface area contributed by atoms with Crippen LogP contribution in [0.2, 0.25) is 0 Å². The van der Waals surface area contributed by atoms with Crippen LogP contribution in [-0.4, -0.2) is 421 Å². The summed E-state index contributed by atoms with van der Waals surface area (Å²) in [5, 5.41) is 264. The van der Waals surface area contributed by atoms with Crippen LogP contribution < -0.4 is 0 Å². The summed E-state index contributed by atoms with van der Waals surface area (Å²) in [6.45, 7) is -8.18. The van der Waals surface area contributed by atoms with Gasteiger partial charge >= 0.3 is 0 Å². The van der Waals surface area contributed by atoms with E-state index in [4.69, 9.17) is 75.8 Å². The summed E-state index contributed by atoms with van der Waals surface area (Å²) in [5.74, 6) is 0. The summed E-state index contributed by atoms with van der Waals surface area (Å²) < 4.78 is 91.5. The van der Waals surface area contributed by atoms with Gasteiger partial charge in [-0.25, -0.2) is 0 Å². The van der Waals surface area contributed by atoms with Gasteiger partial charge in [0.2, 0.25) is 0 Å². The number of hydrogen-bond donors (Lipinski definition) is 24. The fourth-order valence-corrected chi connectivity index (χ4v) is 11.7. The van der Waals surface area contributed by atoms with Gasteiger partial charge in [-0.1, -0.05) is 0 Å². The summed E-state index contributed by atoms with van der Waals surface area (Å²) in [6, 6.07) is 0. The first-order chi connectivity index (χ1) is 41.8. The molecule has 0 aromatic rings. The van der Waals surface area contributed by atoms with Gasteiger partial charge in [0.15, 0.2) is 50.3 Å². The van der Waals surface area contributed by atoms with E-state index in [1.165, 1.54) is 0 Å². The standard InChI is InChI=1S/C48H80O40/c49-1-9-17(55)19(57)27(65)41(75-9)73-7-15-18(56)20(58)28(66)42(81-15)74-8-16-40-26(64)34(72)48(82-16)87-39-14(6-54)79-46(32(70)24(39)62)85-37-12(4-52)77-44(30(68)22(37)60)83-35-10(2-50)76-43(29(67)21(35)59)84-36-11(3-51)78-45(31(69)23(36)61)86-38-13(5-53)80-47(88-40)33(71)25(38)63/h9-72H,1-8H2/t9-,10-,11-,12-,13-,14-,15-,16-,17+,18-,19+,20+,21-,22-,23-,24-,25-,26-,27-,28-,29-,30-,31-,32-,33-,34-,35-,36-,37-,38-,39-,40-,41+,42+,43-,44-,45-,46-,47-,48-/m1/s1. The second-order valence-electron chi connectivity index (χ2n) is 22.5. The third-order valence-electron chi connectivity index (χ3n) is 16.9. The highest BCUT2D eigenvalue weighted by molar-refractivity contribution is 5.02. The summed E-state index contributed by atoms with van der Waals surface area (Å²) in [6.07, 6.45) is -81.7. The van der Waals surface area contributed by atoms with Crippen LogP contribution in [0.25, 0.3) is 0 Å². The highest BCUT2D eigenvalue weighted by Crippen LogP contribution is 2.39. The highest BCUT2D eigenvalue weighted by Gasteiger charge is 2.60. The smallest absolute Gasteiger partial charge is 0.187 e. The molecule has 0 spiro atoms. The Kier molecular flexibility index (Phi) is 24.1. The molecule has 0 saturated carbocycles. The molecular weight excluding hydrogens is 1220 g/mol. The third kappa shape index (κ3) is 14.1. The van der Waals surface area contributed by atoms with Gasteiger partial charge < -0.3 is 198 Å². The van der Waals surface area contributed by atoms with Crippen LogP contribution in [-0.2, 0) is 75.8 Å². The van der Waals surface area contributed by atoms with E-state index in [0.717, 1.165) is 0 Å². The minimum absolute atomic E-state index is 0.831. The molecule has 0 aromatic carbocycles. The van der Waals surface area contributed by atoms with Crippen molar-refractivity contribution in [1.82, 2.24) is 0 Å². The minimum Gasteiger partial charge on any atom is -0.394 e. The topological polar surface area (TPSA) is 633 Å². The fourth-order valence-electron chi connectivity index (χ4n) is 11.7. The maximum absolute atomic E-state index is 11.9. The zero-order valence-electron chi connectivity index (χ0n) is 46.0. The van der Waals surface area contributed by atoms with E-state index in [1.54, 1.807) is 0 Å². The van der Waals surface area contributed by atoms with Gasteiger partial charge in [0, 0.05) is 0 Å². The first-order valence-corrected chi connectivity index (χ1v) is 28.1. The first kappa shape index (κ1) is 70.7. The summed E-state index contributed by atoms with van der Waals surface area (Å²) in [5.41, 5.74) is 0. The van der Waals surface area contributed by atoms with E-state index < -0.39 is 299 Å². The number of hydrogen-bond acceptors (Lipinski definition) is 40. The molecule has 88 heavy (non-hydrogen) atoms. The SMILES string of the molecule is OC[C@H]1O[C@H](OC[C@H]2O[C@H](OC[C@H]3O[C@@H]4O[C@H]5[C@H](O)[C@@H](O)[C@@H](O[C@H]6[C@H](O)[C@@H](O)[C@@H](O[C@H]7[C@H](O)[C@@H](O)[C@@H](O[C@H]8[C@H](O)[C@@H](O)[C@@H](O[C@H]9[C@H](O)[C@@H](O)[C@@H](O[C@H]3[C@H](O)[C@H]4O)O[C@@H]9CO)O[C@@H]8CO)O[C@@H]7CO)O[C@@H]6CO)O[C@@H]5CO)[C@H](O)[C@@H](O)[C@@H]2O)[C@H](O)[C@@H](O)[C@H]1O. The highest BCUT2D eigenvalue weighted by atomic mass is 16.8. The van der Waals surface area contributed by atoms with Gasteiger partial charge in [0.25, 0.3) is 0 Å². The Morgan fingerprint density at radius 2 is 0.386 bits per heavy atom. The van der Waals surface area contributed by atoms with Crippen LogP contribution in [0.4, 0.5) is 0 Å². The first-order valence-electron chi connectivity index (χ1n) is 28.1. The van der Waals surface area contributed by atoms with Crippen molar-refractivity contribution in [3.05, 3.63) is 0 Å². The molecule has 40 atom stereocenters. The quantitative estimate of drug-likeness (QED) is 0.0863. The fraction of sp³-hybridized carbons (Fsp3) is 1.00. The van der Waals surface area contributed by atoms with Crippen molar-refractivity contribution in [1.29, 1.82) is 0 Å². The average Bonchev–Trinajstić information content (AvgIpc) is 1.17. The molecule has 24 saturated heterocycles. The van der Waals surface area contributed by atoms with Crippen molar-refractivity contribution >= 4 is 0 Å². The maximum atomic E-state index is 11.9. The Labute approximate surface area is 496 Å². The van der Waals surface area contributed by atoms with E-state index in [9.17, 15) is 123 Å². The molecule has 512 valence electrons. The lowest BCUT2D eigenvalue weighted by Gasteiger charge is -2.51. The number of aliphatic hydroxyl groups excluding tert-OH is 24. The lowest BCUT2D eigenvalue weighted by Crippen LogP contribution is -2.69. The average molecular weight is 1300 g/mol. The second kappa shape index (κ2) is 30.0. The number of rotatable bonds is 12. The molecule has 24 rings (SSSR count). The van der Waals surface area contributed by atoms with Gasteiger partial charge in [-0.15, -0.1) is 0 Å². The molecule has 40 heteroatoms. The number of aliphatic hydroxyl groups is 24. The summed E-state index contributed by atoms with van der Waals surface area (Å²) in [4.78, 5) is 0. The Bertz CT molecular complexity index is 2140. The summed E-state index contributed by atoms with van der Waals surface area (Å²) in [7, 11) is 0. The Morgan fingerprint density at radius 3 is 0.636 bits per heavy atom. The van der Waals surface area contributed by atoms with E-state index in [-0.39, 0.29) is 0 Å². The molecule has 24 heterocycles. The number of ether oxygens (including phenoxy) is 16. The van der Waals surface area contributed by atoms with Crippen LogP contribution in [0.5, 0.6) is 0 Å². The summed E-state index contributed by atoms with van der Waals surface area (Å²) >= 11 is 0. The van der Waals surface area contributed by atoms with E-state index in [2.05, 4.69) is 0 Å². The van der Waals surface area contributed by atoms with Gasteiger partial charge in [-0.3, -0.25) is 0 Å². The second-order valence-corrected chi connectivity index (χ2v) is 22.5. The lowest BCUT2D eigenvalue weighted by atomic mass is 9.94. The van der Waals surface area contributed by atoms with Crippen molar-refractivity contribution < 1.29 is 198 Å². The van der Waals surface area contributed by atoms with Crippen molar-refractivity contribution in [3.63, 3.8) is 0 Å². The normalized spacial score (nSPS) is 55.1. The van der Waals surface area contributed by atoms with Gasteiger partial charge in [-0.2, -0.15) is 0 Å². The Hall–Kier alpha value is -1.60. The lowest BCUT2D eigenvalue weighted by molar-refractivity contribution is -0.405. The van der Waals surface area contributed by atoms with Crippen molar-refractivity contribution in [2.75, 3.05) is 52.9 Å². The molecule has 12 bridgehead atoms. The molecule has 24 aliphatic heterocycles. The molecular formula is C48H80O40.